The maximum absolute atomic E-state index is 13.1. The van der Waals surface area contributed by atoms with E-state index in [1.165, 1.54) is 10.4 Å². The highest BCUT2D eigenvalue weighted by Gasteiger charge is 2.32. The Labute approximate surface area is 172 Å². The first-order valence-corrected chi connectivity index (χ1v) is 11.4. The molecule has 0 bridgehead atoms. The summed E-state index contributed by atoms with van der Waals surface area (Å²) in [6, 6.07) is 13.9. The van der Waals surface area contributed by atoms with Crippen molar-refractivity contribution in [3.63, 3.8) is 0 Å². The van der Waals surface area contributed by atoms with Gasteiger partial charge in [0.25, 0.3) is 0 Å². The molecule has 3 rings (SSSR count). The Hall–Kier alpha value is -2.38. The van der Waals surface area contributed by atoms with Crippen LogP contribution in [0.4, 0.5) is 0 Å². The highest BCUT2D eigenvalue weighted by Crippen LogP contribution is 2.33. The molecule has 1 aliphatic heterocycles. The summed E-state index contributed by atoms with van der Waals surface area (Å²) in [5, 5.41) is 0. The number of hydrogen-bond donors (Lipinski definition) is 0. The van der Waals surface area contributed by atoms with E-state index in [2.05, 4.69) is 0 Å². The van der Waals surface area contributed by atoms with Crippen molar-refractivity contribution in [2.24, 2.45) is 5.92 Å². The topological polar surface area (TPSA) is 72.9 Å². The maximum atomic E-state index is 13.1. The standard InChI is InChI=1S/C22H27NO5S/c1-3-27-20-11-10-19(16-21(20)28-4-2)29(25,26)23-14-12-18(13-15-23)22(24)17-8-6-5-7-9-17/h5-11,16,18H,3-4,12-15H2,1-2H3. The molecule has 0 aromatic heterocycles. The zero-order valence-corrected chi connectivity index (χ0v) is 17.7. The molecule has 0 spiro atoms. The van der Waals surface area contributed by atoms with E-state index in [4.69, 9.17) is 9.47 Å². The van der Waals surface area contributed by atoms with E-state index in [1.54, 1.807) is 24.3 Å². The lowest BCUT2D eigenvalue weighted by Crippen LogP contribution is -2.40. The molecule has 1 aliphatic rings. The van der Waals surface area contributed by atoms with E-state index >= 15 is 0 Å². The minimum absolute atomic E-state index is 0.0855. The fourth-order valence-corrected chi connectivity index (χ4v) is 5.02. The van der Waals surface area contributed by atoms with Gasteiger partial charge in [0, 0.05) is 30.6 Å². The SMILES string of the molecule is CCOc1ccc(S(=O)(=O)N2CCC(C(=O)c3ccccc3)CC2)cc1OCC. The maximum Gasteiger partial charge on any atom is 0.243 e. The average molecular weight is 418 g/mol. The van der Waals surface area contributed by atoms with Gasteiger partial charge in [0.15, 0.2) is 17.3 Å². The average Bonchev–Trinajstić information content (AvgIpc) is 2.75. The minimum atomic E-state index is -3.66. The molecule has 0 aliphatic carbocycles. The predicted octanol–water partition coefficient (Wildman–Crippen LogP) is 3.77. The van der Waals surface area contributed by atoms with Crippen molar-refractivity contribution in [3.05, 3.63) is 54.1 Å². The molecule has 2 aromatic rings. The van der Waals surface area contributed by atoms with Crippen LogP contribution in [0.25, 0.3) is 0 Å². The molecule has 7 heteroatoms. The number of hydrogen-bond acceptors (Lipinski definition) is 5. The van der Waals surface area contributed by atoms with Crippen molar-refractivity contribution >= 4 is 15.8 Å². The quantitative estimate of drug-likeness (QED) is 0.612. The van der Waals surface area contributed by atoms with Crippen LogP contribution in [0.5, 0.6) is 11.5 Å². The fourth-order valence-electron chi connectivity index (χ4n) is 3.54. The third-order valence-electron chi connectivity index (χ3n) is 5.04. The lowest BCUT2D eigenvalue weighted by Gasteiger charge is -2.30. The number of benzene rings is 2. The highest BCUT2D eigenvalue weighted by molar-refractivity contribution is 7.89. The number of piperidine rings is 1. The number of nitrogens with zero attached hydrogens (tertiary/aromatic N) is 1. The molecular formula is C22H27NO5S. The van der Waals surface area contributed by atoms with Crippen LogP contribution in [0, 0.1) is 5.92 Å². The van der Waals surface area contributed by atoms with E-state index < -0.39 is 10.0 Å². The molecular weight excluding hydrogens is 390 g/mol. The van der Waals surface area contributed by atoms with Gasteiger partial charge in [0.05, 0.1) is 18.1 Å². The van der Waals surface area contributed by atoms with Crippen LogP contribution < -0.4 is 9.47 Å². The van der Waals surface area contributed by atoms with Crippen molar-refractivity contribution in [1.29, 1.82) is 0 Å². The Morgan fingerprint density at radius 1 is 0.966 bits per heavy atom. The molecule has 29 heavy (non-hydrogen) atoms. The number of ether oxygens (including phenoxy) is 2. The molecule has 0 radical (unpaired) electrons. The van der Waals surface area contributed by atoms with Crippen LogP contribution in [0.15, 0.2) is 53.4 Å². The van der Waals surface area contributed by atoms with E-state index in [0.29, 0.717) is 56.2 Å². The second kappa shape index (κ2) is 9.41. The van der Waals surface area contributed by atoms with Crippen LogP contribution in [-0.4, -0.2) is 44.8 Å². The van der Waals surface area contributed by atoms with Crippen molar-refractivity contribution < 1.29 is 22.7 Å². The van der Waals surface area contributed by atoms with Gasteiger partial charge >= 0.3 is 0 Å². The molecule has 0 atom stereocenters. The Morgan fingerprint density at radius 2 is 1.59 bits per heavy atom. The Bertz CT molecular complexity index is 935. The van der Waals surface area contributed by atoms with Gasteiger partial charge in [-0.15, -0.1) is 0 Å². The van der Waals surface area contributed by atoms with Crippen molar-refractivity contribution in [2.45, 2.75) is 31.6 Å². The van der Waals surface area contributed by atoms with Crippen molar-refractivity contribution in [1.82, 2.24) is 4.31 Å². The molecule has 1 heterocycles. The van der Waals surface area contributed by atoms with E-state index in [1.807, 2.05) is 32.0 Å². The predicted molar refractivity (Wildman–Crippen MR) is 111 cm³/mol. The van der Waals surface area contributed by atoms with Gasteiger partial charge in [0.1, 0.15) is 0 Å². The summed E-state index contributed by atoms with van der Waals surface area (Å²) in [6.45, 7) is 5.23. The summed E-state index contributed by atoms with van der Waals surface area (Å²) in [4.78, 5) is 12.8. The van der Waals surface area contributed by atoms with Crippen LogP contribution in [0.1, 0.15) is 37.0 Å². The Kier molecular flexibility index (Phi) is 6.92. The first kappa shape index (κ1) is 21.3. The van der Waals surface area contributed by atoms with Crippen LogP contribution >= 0.6 is 0 Å². The van der Waals surface area contributed by atoms with Gasteiger partial charge < -0.3 is 9.47 Å². The number of carbonyl (C=O) groups is 1. The van der Waals surface area contributed by atoms with E-state index in [0.717, 1.165) is 0 Å². The van der Waals surface area contributed by atoms with Gasteiger partial charge in [-0.1, -0.05) is 30.3 Å². The number of ketones is 1. The Morgan fingerprint density at radius 3 is 2.21 bits per heavy atom. The first-order chi connectivity index (χ1) is 14.0. The summed E-state index contributed by atoms with van der Waals surface area (Å²) in [7, 11) is -3.66. The number of carbonyl (C=O) groups excluding carboxylic acids is 1. The number of sulfonamides is 1. The molecule has 0 N–H and O–H groups in total. The summed E-state index contributed by atoms with van der Waals surface area (Å²) < 4.78 is 38.7. The number of rotatable bonds is 8. The summed E-state index contributed by atoms with van der Waals surface area (Å²) >= 11 is 0. The van der Waals surface area contributed by atoms with Gasteiger partial charge in [-0.25, -0.2) is 8.42 Å². The second-order valence-corrected chi connectivity index (χ2v) is 8.82. The minimum Gasteiger partial charge on any atom is -0.490 e. The van der Waals surface area contributed by atoms with E-state index in [-0.39, 0.29) is 16.6 Å². The Balaban J connectivity index is 1.73. The summed E-state index contributed by atoms with van der Waals surface area (Å²) in [5.41, 5.74) is 0.682. The van der Waals surface area contributed by atoms with Crippen LogP contribution in [0.3, 0.4) is 0 Å². The van der Waals surface area contributed by atoms with E-state index in [9.17, 15) is 13.2 Å². The molecule has 1 saturated heterocycles. The molecule has 6 nitrogen and oxygen atoms in total. The zero-order valence-electron chi connectivity index (χ0n) is 16.8. The van der Waals surface area contributed by atoms with Crippen LogP contribution in [-0.2, 0) is 10.0 Å². The zero-order chi connectivity index (χ0) is 20.9. The normalized spacial score (nSPS) is 15.8. The highest BCUT2D eigenvalue weighted by atomic mass is 32.2. The van der Waals surface area contributed by atoms with Crippen molar-refractivity contribution in [3.8, 4) is 11.5 Å². The van der Waals surface area contributed by atoms with Gasteiger partial charge in [-0.2, -0.15) is 4.31 Å². The van der Waals surface area contributed by atoms with Gasteiger partial charge in [-0.05, 0) is 38.8 Å². The molecule has 0 unspecified atom stereocenters. The third-order valence-corrected chi connectivity index (χ3v) is 6.93. The largest absolute Gasteiger partial charge is 0.490 e. The monoisotopic (exact) mass is 417 g/mol. The van der Waals surface area contributed by atoms with Crippen LogP contribution in [0.2, 0.25) is 0 Å². The smallest absolute Gasteiger partial charge is 0.243 e. The third kappa shape index (κ3) is 4.79. The van der Waals surface area contributed by atoms with Gasteiger partial charge in [0.2, 0.25) is 10.0 Å². The summed E-state index contributed by atoms with van der Waals surface area (Å²) in [6.07, 6.45) is 1.03. The van der Waals surface area contributed by atoms with Crippen molar-refractivity contribution in [2.75, 3.05) is 26.3 Å². The second-order valence-electron chi connectivity index (χ2n) is 6.88. The lowest BCUT2D eigenvalue weighted by atomic mass is 9.90. The molecule has 0 amide bonds. The first-order valence-electron chi connectivity index (χ1n) is 9.96. The summed E-state index contributed by atoms with van der Waals surface area (Å²) in [5.74, 6) is 0.885. The molecule has 0 saturated carbocycles. The molecule has 2 aromatic carbocycles. The molecule has 156 valence electrons. The fraction of sp³-hybridized carbons (Fsp3) is 0.409. The van der Waals surface area contributed by atoms with Gasteiger partial charge in [-0.3, -0.25) is 4.79 Å². The number of Topliss-reactive ketones (excluding diaryl/α,β-unsaturated/α-hetero) is 1. The molecule has 1 fully saturated rings. The lowest BCUT2D eigenvalue weighted by molar-refractivity contribution is 0.0875.